The van der Waals surface area contributed by atoms with Crippen LogP contribution in [0.3, 0.4) is 0 Å². The molecule has 0 heterocycles. The summed E-state index contributed by atoms with van der Waals surface area (Å²) in [5.41, 5.74) is 0.903. The van der Waals surface area contributed by atoms with E-state index in [2.05, 4.69) is 0 Å². The molecule has 8 nitrogen and oxygen atoms in total. The minimum absolute atomic E-state index is 0.0229. The highest BCUT2D eigenvalue weighted by atomic mass is 32.2. The first-order chi connectivity index (χ1) is 13.8. The SMILES string of the molecule is Cc1ccc(S(=O)(=O)CCCOC(=O)CCOOc2ccccc2C(=O)O)cc1. The Hall–Kier alpha value is -2.91. The van der Waals surface area contributed by atoms with Crippen molar-refractivity contribution in [2.75, 3.05) is 19.0 Å². The molecule has 0 aliphatic carbocycles. The van der Waals surface area contributed by atoms with Gasteiger partial charge in [0.05, 0.1) is 23.7 Å². The number of hydrogen-bond donors (Lipinski definition) is 1. The van der Waals surface area contributed by atoms with Crippen LogP contribution >= 0.6 is 0 Å². The zero-order chi connectivity index (χ0) is 21.3. The number of esters is 1. The highest BCUT2D eigenvalue weighted by Gasteiger charge is 2.15. The van der Waals surface area contributed by atoms with Crippen molar-refractivity contribution in [3.05, 3.63) is 59.7 Å². The Bertz CT molecular complexity index is 935. The maximum absolute atomic E-state index is 12.2. The lowest BCUT2D eigenvalue weighted by molar-refractivity contribution is -0.209. The number of sulfone groups is 1. The molecule has 0 spiro atoms. The lowest BCUT2D eigenvalue weighted by Gasteiger charge is -2.08. The summed E-state index contributed by atoms with van der Waals surface area (Å²) in [6.07, 6.45) is 0.0469. The Morgan fingerprint density at radius 2 is 1.69 bits per heavy atom. The van der Waals surface area contributed by atoms with E-state index in [1.807, 2.05) is 6.92 Å². The second kappa shape index (κ2) is 10.6. The van der Waals surface area contributed by atoms with E-state index in [-0.39, 0.29) is 48.0 Å². The van der Waals surface area contributed by atoms with Crippen LogP contribution in [-0.2, 0) is 24.3 Å². The molecule has 29 heavy (non-hydrogen) atoms. The van der Waals surface area contributed by atoms with Gasteiger partial charge in [-0.1, -0.05) is 29.8 Å². The second-order valence-electron chi connectivity index (χ2n) is 6.16. The summed E-state index contributed by atoms with van der Waals surface area (Å²) in [5, 5.41) is 9.02. The molecule has 2 aromatic carbocycles. The van der Waals surface area contributed by atoms with Crippen molar-refractivity contribution in [2.24, 2.45) is 0 Å². The number of aromatic carboxylic acids is 1. The summed E-state index contributed by atoms with van der Waals surface area (Å²) < 4.78 is 29.4. The molecule has 0 aromatic heterocycles. The average molecular weight is 422 g/mol. The van der Waals surface area contributed by atoms with Gasteiger partial charge in [-0.05, 0) is 37.6 Å². The molecular weight excluding hydrogens is 400 g/mol. The number of para-hydroxylation sites is 1. The van der Waals surface area contributed by atoms with Crippen molar-refractivity contribution in [1.29, 1.82) is 0 Å². The van der Waals surface area contributed by atoms with Crippen molar-refractivity contribution >= 4 is 21.8 Å². The van der Waals surface area contributed by atoms with Gasteiger partial charge < -0.3 is 14.7 Å². The van der Waals surface area contributed by atoms with E-state index in [1.165, 1.54) is 12.1 Å². The minimum Gasteiger partial charge on any atom is -0.478 e. The number of hydrogen-bond acceptors (Lipinski definition) is 7. The minimum atomic E-state index is -3.42. The zero-order valence-electron chi connectivity index (χ0n) is 15.9. The predicted molar refractivity (Wildman–Crippen MR) is 103 cm³/mol. The van der Waals surface area contributed by atoms with Crippen LogP contribution < -0.4 is 4.89 Å². The van der Waals surface area contributed by atoms with Crippen LogP contribution in [0, 0.1) is 6.92 Å². The van der Waals surface area contributed by atoms with Gasteiger partial charge in [-0.3, -0.25) is 4.79 Å². The lowest BCUT2D eigenvalue weighted by atomic mass is 10.2. The van der Waals surface area contributed by atoms with E-state index in [0.717, 1.165) is 5.56 Å². The van der Waals surface area contributed by atoms with Gasteiger partial charge in [0.15, 0.2) is 15.6 Å². The van der Waals surface area contributed by atoms with Gasteiger partial charge in [0.25, 0.3) is 0 Å². The number of ether oxygens (including phenoxy) is 1. The molecule has 2 rings (SSSR count). The van der Waals surface area contributed by atoms with Crippen LogP contribution in [0.4, 0.5) is 0 Å². The van der Waals surface area contributed by atoms with Crippen LogP contribution in [0.1, 0.15) is 28.8 Å². The Morgan fingerprint density at radius 1 is 1.00 bits per heavy atom. The average Bonchev–Trinajstić information content (AvgIpc) is 2.69. The molecule has 0 fully saturated rings. The van der Waals surface area contributed by atoms with Crippen molar-refractivity contribution in [1.82, 2.24) is 0 Å². The third-order valence-electron chi connectivity index (χ3n) is 3.86. The molecule has 0 saturated heterocycles. The number of carbonyl (C=O) groups excluding carboxylic acids is 1. The largest absolute Gasteiger partial charge is 0.478 e. The van der Waals surface area contributed by atoms with Crippen molar-refractivity contribution in [3.8, 4) is 5.75 Å². The Morgan fingerprint density at radius 3 is 2.38 bits per heavy atom. The fourth-order valence-corrected chi connectivity index (χ4v) is 3.60. The normalized spacial score (nSPS) is 11.1. The smallest absolute Gasteiger partial charge is 0.339 e. The van der Waals surface area contributed by atoms with Crippen molar-refractivity contribution < 1.29 is 37.6 Å². The first kappa shape index (κ1) is 22.4. The van der Waals surface area contributed by atoms with Crippen LogP contribution in [0.15, 0.2) is 53.4 Å². The standard InChI is InChI=1S/C20H22O8S/c1-15-7-9-16(10-8-15)29(24,25)14-4-12-26-19(21)11-13-27-28-18-6-3-2-5-17(18)20(22)23/h2-3,5-10H,4,11-14H2,1H3,(H,22,23). The highest BCUT2D eigenvalue weighted by molar-refractivity contribution is 7.91. The van der Waals surface area contributed by atoms with Gasteiger partial charge >= 0.3 is 11.9 Å². The molecule has 0 aliphatic heterocycles. The van der Waals surface area contributed by atoms with E-state index < -0.39 is 21.8 Å². The Kier molecular flexibility index (Phi) is 8.17. The Labute approximate surface area is 168 Å². The van der Waals surface area contributed by atoms with Gasteiger partial charge in [0.1, 0.15) is 12.2 Å². The van der Waals surface area contributed by atoms with E-state index in [4.69, 9.17) is 19.6 Å². The second-order valence-corrected chi connectivity index (χ2v) is 8.27. The van der Waals surface area contributed by atoms with Crippen LogP contribution in [0.5, 0.6) is 5.75 Å². The summed E-state index contributed by atoms with van der Waals surface area (Å²) in [6, 6.07) is 12.5. The van der Waals surface area contributed by atoms with E-state index in [1.54, 1.807) is 36.4 Å². The molecule has 0 saturated carbocycles. The monoisotopic (exact) mass is 422 g/mol. The van der Waals surface area contributed by atoms with Gasteiger partial charge in [0, 0.05) is 0 Å². The maximum atomic E-state index is 12.2. The first-order valence-corrected chi connectivity index (χ1v) is 10.5. The van der Waals surface area contributed by atoms with E-state index in [9.17, 15) is 18.0 Å². The quantitative estimate of drug-likeness (QED) is 0.254. The fourth-order valence-electron chi connectivity index (χ4n) is 2.32. The lowest BCUT2D eigenvalue weighted by Crippen LogP contribution is -2.14. The molecule has 0 atom stereocenters. The van der Waals surface area contributed by atoms with Gasteiger partial charge in [-0.15, -0.1) is 0 Å². The molecule has 0 unspecified atom stereocenters. The third-order valence-corrected chi connectivity index (χ3v) is 5.67. The molecule has 0 amide bonds. The zero-order valence-corrected chi connectivity index (χ0v) is 16.7. The molecule has 1 N–H and O–H groups in total. The molecule has 0 aliphatic rings. The number of rotatable bonds is 11. The Balaban J connectivity index is 1.65. The molecule has 9 heteroatoms. The topological polar surface area (TPSA) is 116 Å². The predicted octanol–water partition coefficient (Wildman–Crippen LogP) is 2.80. The number of aryl methyl sites for hydroxylation is 1. The number of carboxylic acids is 1. The van der Waals surface area contributed by atoms with E-state index in [0.29, 0.717) is 0 Å². The molecule has 156 valence electrons. The number of carboxylic acid groups (broad SMARTS) is 1. The summed E-state index contributed by atoms with van der Waals surface area (Å²) in [5.74, 6) is -1.85. The molecular formula is C20H22O8S. The fraction of sp³-hybridized carbons (Fsp3) is 0.300. The van der Waals surface area contributed by atoms with Crippen LogP contribution in [-0.4, -0.2) is 44.4 Å². The summed E-state index contributed by atoms with van der Waals surface area (Å²) in [6.45, 7) is 1.69. The van der Waals surface area contributed by atoms with Gasteiger partial charge in [0.2, 0.25) is 0 Å². The van der Waals surface area contributed by atoms with E-state index >= 15 is 0 Å². The summed E-state index contributed by atoms with van der Waals surface area (Å²) in [7, 11) is -3.42. The molecule has 0 bridgehead atoms. The van der Waals surface area contributed by atoms with Gasteiger partial charge in [-0.2, -0.15) is 4.89 Å². The third kappa shape index (κ3) is 7.20. The number of benzene rings is 2. The van der Waals surface area contributed by atoms with Crippen molar-refractivity contribution in [2.45, 2.75) is 24.7 Å². The summed E-state index contributed by atoms with van der Waals surface area (Å²) >= 11 is 0. The first-order valence-electron chi connectivity index (χ1n) is 8.86. The summed E-state index contributed by atoms with van der Waals surface area (Å²) in [4.78, 5) is 32.7. The van der Waals surface area contributed by atoms with Crippen LogP contribution in [0.2, 0.25) is 0 Å². The maximum Gasteiger partial charge on any atom is 0.339 e. The van der Waals surface area contributed by atoms with Gasteiger partial charge in [-0.25, -0.2) is 13.2 Å². The molecule has 2 aromatic rings. The molecule has 0 radical (unpaired) electrons. The van der Waals surface area contributed by atoms with Crippen LogP contribution in [0.25, 0.3) is 0 Å². The number of carbonyl (C=O) groups is 2. The van der Waals surface area contributed by atoms with Crippen molar-refractivity contribution in [3.63, 3.8) is 0 Å². The highest BCUT2D eigenvalue weighted by Crippen LogP contribution is 2.18.